The maximum atomic E-state index is 11.6. The first-order valence-corrected chi connectivity index (χ1v) is 12.8. The topological polar surface area (TPSA) is 70.8 Å². The Morgan fingerprint density at radius 1 is 0.889 bits per heavy atom. The molecule has 7 heteroatoms. The predicted molar refractivity (Wildman–Crippen MR) is 144 cm³/mol. The zero-order valence-corrected chi connectivity index (χ0v) is 21.1. The van der Waals surface area contributed by atoms with Crippen molar-refractivity contribution in [2.75, 3.05) is 20.3 Å². The zero-order valence-electron chi connectivity index (χ0n) is 20.3. The van der Waals surface area contributed by atoms with Gasteiger partial charge in [0.05, 0.1) is 30.5 Å². The normalized spacial score (nSPS) is 11.2. The number of nitrogens with zero attached hydrogens (tertiary/aromatic N) is 1. The van der Waals surface area contributed by atoms with E-state index in [4.69, 9.17) is 23.6 Å². The fourth-order valence-electron chi connectivity index (χ4n) is 4.06. The van der Waals surface area contributed by atoms with Crippen LogP contribution in [0.5, 0.6) is 17.2 Å². The first-order chi connectivity index (χ1) is 17.6. The van der Waals surface area contributed by atoms with Crippen molar-refractivity contribution in [2.24, 2.45) is 0 Å². The Morgan fingerprint density at radius 2 is 1.72 bits per heavy atom. The van der Waals surface area contributed by atoms with Gasteiger partial charge in [-0.3, -0.25) is 0 Å². The molecule has 0 fully saturated rings. The summed E-state index contributed by atoms with van der Waals surface area (Å²) in [5, 5.41) is 1.88. The van der Waals surface area contributed by atoms with Crippen molar-refractivity contribution in [3.05, 3.63) is 82.7 Å². The van der Waals surface area contributed by atoms with Crippen LogP contribution in [0.2, 0.25) is 0 Å². The number of thiazole rings is 1. The van der Waals surface area contributed by atoms with Gasteiger partial charge in [0.2, 0.25) is 0 Å². The van der Waals surface area contributed by atoms with Crippen LogP contribution in [-0.4, -0.2) is 25.3 Å². The molecule has 6 nitrogen and oxygen atoms in total. The van der Waals surface area contributed by atoms with E-state index in [1.807, 2.05) is 55.5 Å². The smallest absolute Gasteiger partial charge is 0.336 e. The second kappa shape index (κ2) is 10.8. The van der Waals surface area contributed by atoms with Crippen molar-refractivity contribution in [3.8, 4) is 27.8 Å². The molecule has 0 atom stereocenters. The maximum Gasteiger partial charge on any atom is 0.336 e. The van der Waals surface area contributed by atoms with Crippen LogP contribution in [0.4, 0.5) is 0 Å². The summed E-state index contributed by atoms with van der Waals surface area (Å²) >= 11 is 1.67. The van der Waals surface area contributed by atoms with E-state index in [-0.39, 0.29) is 5.63 Å². The molecule has 0 amide bonds. The molecule has 2 aromatic heterocycles. The van der Waals surface area contributed by atoms with E-state index in [9.17, 15) is 4.79 Å². The molecule has 2 heterocycles. The molecule has 0 aliphatic heterocycles. The summed E-state index contributed by atoms with van der Waals surface area (Å²) in [6.07, 6.45) is 2.76. The zero-order chi connectivity index (χ0) is 24.9. The van der Waals surface area contributed by atoms with Gasteiger partial charge in [0.25, 0.3) is 0 Å². The molecule has 0 saturated heterocycles. The van der Waals surface area contributed by atoms with Crippen molar-refractivity contribution in [1.29, 1.82) is 0 Å². The quantitative estimate of drug-likeness (QED) is 0.151. The summed E-state index contributed by atoms with van der Waals surface area (Å²) in [6.45, 7) is 3.08. The third-order valence-electron chi connectivity index (χ3n) is 5.94. The van der Waals surface area contributed by atoms with Gasteiger partial charge in [-0.2, -0.15) is 0 Å². The van der Waals surface area contributed by atoms with Gasteiger partial charge >= 0.3 is 5.63 Å². The number of fused-ring (bicyclic) bond motifs is 2. The average Bonchev–Trinajstić information content (AvgIpc) is 3.32. The van der Waals surface area contributed by atoms with Crippen LogP contribution in [0.15, 0.2) is 75.9 Å². The van der Waals surface area contributed by atoms with Crippen molar-refractivity contribution < 1.29 is 18.6 Å². The first kappa shape index (κ1) is 23.9. The average molecular weight is 502 g/mol. The number of para-hydroxylation sites is 1. The molecular weight excluding hydrogens is 474 g/mol. The molecule has 0 aliphatic carbocycles. The van der Waals surface area contributed by atoms with Gasteiger partial charge in [-0.05, 0) is 74.2 Å². The van der Waals surface area contributed by atoms with Crippen LogP contribution in [0, 0.1) is 6.92 Å². The number of methoxy groups -OCH3 is 1. The first-order valence-electron chi connectivity index (χ1n) is 11.9. The van der Waals surface area contributed by atoms with Crippen LogP contribution in [-0.2, 0) is 0 Å². The van der Waals surface area contributed by atoms with E-state index in [2.05, 4.69) is 6.07 Å². The van der Waals surface area contributed by atoms with Crippen molar-refractivity contribution in [2.45, 2.75) is 26.2 Å². The second-order valence-corrected chi connectivity index (χ2v) is 9.55. The standard InChI is InChI=1S/C29H27NO5S/c1-19-16-28(31)35-25-18-21(11-12-22(19)25)33-14-6-3-7-15-34-24-13-10-20(17-26(24)32-2)29-30-23-8-4-5-9-27(23)36-29/h4-5,8-13,16-18H,3,6-7,14-15H2,1-2H3. The number of aryl methyl sites for hydroxylation is 1. The lowest BCUT2D eigenvalue weighted by molar-refractivity contribution is 0.270. The number of hydrogen-bond acceptors (Lipinski definition) is 7. The number of unbranched alkanes of at least 4 members (excludes halogenated alkanes) is 2. The summed E-state index contributed by atoms with van der Waals surface area (Å²) < 4.78 is 23.9. The molecule has 0 saturated carbocycles. The minimum atomic E-state index is -0.347. The fourth-order valence-corrected chi connectivity index (χ4v) is 5.03. The molecule has 0 spiro atoms. The lowest BCUT2D eigenvalue weighted by atomic mass is 10.1. The van der Waals surface area contributed by atoms with E-state index in [0.717, 1.165) is 56.7 Å². The Hall–Kier alpha value is -3.84. The van der Waals surface area contributed by atoms with Crippen LogP contribution >= 0.6 is 11.3 Å². The third-order valence-corrected chi connectivity index (χ3v) is 7.03. The van der Waals surface area contributed by atoms with E-state index < -0.39 is 0 Å². The van der Waals surface area contributed by atoms with Gasteiger partial charge in [-0.25, -0.2) is 9.78 Å². The summed E-state index contributed by atoms with van der Waals surface area (Å²) in [4.78, 5) is 16.3. The third kappa shape index (κ3) is 5.36. The van der Waals surface area contributed by atoms with Crippen LogP contribution in [0.3, 0.4) is 0 Å². The highest BCUT2D eigenvalue weighted by Crippen LogP contribution is 2.36. The second-order valence-electron chi connectivity index (χ2n) is 8.52. The Kier molecular flexibility index (Phi) is 7.18. The number of benzene rings is 3. The monoisotopic (exact) mass is 501 g/mol. The molecular formula is C29H27NO5S. The molecule has 3 aromatic carbocycles. The minimum Gasteiger partial charge on any atom is -0.493 e. The highest BCUT2D eigenvalue weighted by molar-refractivity contribution is 7.21. The maximum absolute atomic E-state index is 11.6. The number of rotatable bonds is 10. The highest BCUT2D eigenvalue weighted by Gasteiger charge is 2.11. The van der Waals surface area contributed by atoms with Gasteiger partial charge < -0.3 is 18.6 Å². The fraction of sp³-hybridized carbons (Fsp3) is 0.241. The number of hydrogen-bond donors (Lipinski definition) is 0. The van der Waals surface area contributed by atoms with Crippen LogP contribution < -0.4 is 19.8 Å². The molecule has 5 aromatic rings. The highest BCUT2D eigenvalue weighted by atomic mass is 32.1. The Balaban J connectivity index is 1.09. The molecule has 0 radical (unpaired) electrons. The molecule has 0 N–H and O–H groups in total. The lowest BCUT2D eigenvalue weighted by Crippen LogP contribution is -2.02. The van der Waals surface area contributed by atoms with Crippen LogP contribution in [0.1, 0.15) is 24.8 Å². The number of ether oxygens (including phenoxy) is 3. The molecule has 0 bridgehead atoms. The summed E-state index contributed by atoms with van der Waals surface area (Å²) in [7, 11) is 1.65. The molecule has 184 valence electrons. The Bertz CT molecular complexity index is 1520. The van der Waals surface area contributed by atoms with E-state index in [0.29, 0.717) is 30.3 Å². The predicted octanol–water partition coefficient (Wildman–Crippen LogP) is 7.01. The van der Waals surface area contributed by atoms with Gasteiger partial charge in [-0.15, -0.1) is 11.3 Å². The molecule has 36 heavy (non-hydrogen) atoms. The largest absolute Gasteiger partial charge is 0.493 e. The van der Waals surface area contributed by atoms with E-state index in [1.165, 1.54) is 6.07 Å². The number of aromatic nitrogens is 1. The summed E-state index contributed by atoms with van der Waals surface area (Å²) in [5.41, 5.74) is 3.12. The van der Waals surface area contributed by atoms with Crippen molar-refractivity contribution >= 4 is 32.5 Å². The molecule has 5 rings (SSSR count). The molecule has 0 aliphatic rings. The van der Waals surface area contributed by atoms with Gasteiger partial charge in [0.15, 0.2) is 11.5 Å². The van der Waals surface area contributed by atoms with Gasteiger partial charge in [0, 0.05) is 23.1 Å². The van der Waals surface area contributed by atoms with Crippen molar-refractivity contribution in [1.82, 2.24) is 4.98 Å². The van der Waals surface area contributed by atoms with Gasteiger partial charge in [-0.1, -0.05) is 12.1 Å². The minimum absolute atomic E-state index is 0.347. The van der Waals surface area contributed by atoms with Gasteiger partial charge in [0.1, 0.15) is 16.3 Å². The molecule has 0 unspecified atom stereocenters. The van der Waals surface area contributed by atoms with E-state index >= 15 is 0 Å². The SMILES string of the molecule is COc1cc(-c2nc3ccccc3s2)ccc1OCCCCCOc1ccc2c(C)cc(=O)oc2c1. The summed E-state index contributed by atoms with van der Waals surface area (Å²) in [5.74, 6) is 2.13. The lowest BCUT2D eigenvalue weighted by Gasteiger charge is -2.12. The Labute approximate surface area is 213 Å². The summed E-state index contributed by atoms with van der Waals surface area (Å²) in [6, 6.07) is 21.2. The Morgan fingerprint density at radius 3 is 2.56 bits per heavy atom. The van der Waals surface area contributed by atoms with E-state index in [1.54, 1.807) is 24.5 Å². The van der Waals surface area contributed by atoms with Crippen LogP contribution in [0.25, 0.3) is 31.8 Å². The van der Waals surface area contributed by atoms with Crippen molar-refractivity contribution in [3.63, 3.8) is 0 Å².